The minimum atomic E-state index is -10.1. The van der Waals surface area contributed by atoms with Crippen molar-refractivity contribution in [2.75, 3.05) is 6.61 Å². The SMILES string of the molecule is CC(C)(C)OC(=O)CCCCOc1cc(C(=O)O)cc(S(F)(F)(F)(F)F)c1. The zero-order valence-electron chi connectivity index (χ0n) is 14.9. The first-order valence-corrected chi connectivity index (χ1v) is 9.80. The van der Waals surface area contributed by atoms with Gasteiger partial charge in [-0.05, 0) is 45.7 Å². The second-order valence-corrected chi connectivity index (χ2v) is 9.27. The summed E-state index contributed by atoms with van der Waals surface area (Å²) < 4.78 is 74.7. The Morgan fingerprint density at radius 3 is 2.11 bits per heavy atom. The molecule has 0 aliphatic heterocycles. The molecular formula is C16H21F5O5S. The molecule has 0 aliphatic rings. The van der Waals surface area contributed by atoms with Crippen LogP contribution in [0.3, 0.4) is 0 Å². The van der Waals surface area contributed by atoms with Crippen molar-refractivity contribution >= 4 is 22.2 Å². The Labute approximate surface area is 153 Å². The number of ether oxygens (including phenoxy) is 2. The number of halogens is 5. The molecular weight excluding hydrogens is 399 g/mol. The standard InChI is InChI=1S/C16H21F5O5S/c1-16(2,3)26-14(22)6-4-5-7-25-12-8-11(15(23)24)9-13(10-12)27(17,18,19,20)21/h8-10H,4-7H2,1-3H3,(H,23,24). The third kappa shape index (κ3) is 8.46. The van der Waals surface area contributed by atoms with Crippen LogP contribution in [0.25, 0.3) is 0 Å². The molecule has 0 aromatic heterocycles. The Morgan fingerprint density at radius 1 is 1.04 bits per heavy atom. The second-order valence-electron chi connectivity index (χ2n) is 6.86. The Morgan fingerprint density at radius 2 is 1.63 bits per heavy atom. The lowest BCUT2D eigenvalue weighted by Gasteiger charge is -2.40. The molecule has 1 aromatic rings. The molecule has 0 amide bonds. The van der Waals surface area contributed by atoms with Crippen molar-refractivity contribution in [2.24, 2.45) is 0 Å². The lowest BCUT2D eigenvalue weighted by molar-refractivity contribution is -0.154. The first kappa shape index (κ1) is 23.0. The summed E-state index contributed by atoms with van der Waals surface area (Å²) in [6, 6.07) is 0.671. The first-order valence-electron chi connectivity index (χ1n) is 7.84. The van der Waals surface area contributed by atoms with E-state index in [0.29, 0.717) is 6.42 Å². The highest BCUT2D eigenvalue weighted by molar-refractivity contribution is 8.45. The number of carbonyl (C=O) groups excluding carboxylic acids is 1. The Bertz CT molecular complexity index is 725. The van der Waals surface area contributed by atoms with E-state index in [2.05, 4.69) is 0 Å². The average Bonchev–Trinajstić information content (AvgIpc) is 2.42. The third-order valence-corrected chi connectivity index (χ3v) is 4.16. The van der Waals surface area contributed by atoms with E-state index >= 15 is 0 Å². The van der Waals surface area contributed by atoms with Crippen LogP contribution < -0.4 is 4.74 Å². The van der Waals surface area contributed by atoms with Crippen molar-refractivity contribution in [1.82, 2.24) is 0 Å². The molecule has 11 heteroatoms. The molecule has 1 N–H and O–H groups in total. The highest BCUT2D eigenvalue weighted by atomic mass is 32.5. The van der Waals surface area contributed by atoms with Crippen molar-refractivity contribution in [2.45, 2.75) is 50.5 Å². The number of hydrogen-bond donors (Lipinski definition) is 1. The van der Waals surface area contributed by atoms with Crippen LogP contribution in [0.4, 0.5) is 19.4 Å². The molecule has 0 spiro atoms. The minimum Gasteiger partial charge on any atom is -0.494 e. The zero-order valence-corrected chi connectivity index (χ0v) is 15.8. The molecule has 27 heavy (non-hydrogen) atoms. The monoisotopic (exact) mass is 420 g/mol. The van der Waals surface area contributed by atoms with Crippen LogP contribution in [-0.2, 0) is 9.53 Å². The second kappa shape index (κ2) is 6.84. The topological polar surface area (TPSA) is 72.8 Å². The third-order valence-electron chi connectivity index (χ3n) is 3.04. The number of carbonyl (C=O) groups is 2. The van der Waals surface area contributed by atoms with Gasteiger partial charge in [0.25, 0.3) is 0 Å². The van der Waals surface area contributed by atoms with Crippen molar-refractivity contribution in [3.63, 3.8) is 0 Å². The molecule has 0 fully saturated rings. The maximum Gasteiger partial charge on any atom is 0.335 e. The van der Waals surface area contributed by atoms with Crippen molar-refractivity contribution in [1.29, 1.82) is 0 Å². The Kier molecular flexibility index (Phi) is 5.83. The predicted molar refractivity (Wildman–Crippen MR) is 90.0 cm³/mol. The van der Waals surface area contributed by atoms with Crippen LogP contribution in [0.15, 0.2) is 23.1 Å². The van der Waals surface area contributed by atoms with Gasteiger partial charge in [0.15, 0.2) is 0 Å². The predicted octanol–water partition coefficient (Wildman–Crippen LogP) is 5.93. The fourth-order valence-corrected chi connectivity index (χ4v) is 2.64. The van der Waals surface area contributed by atoms with Gasteiger partial charge in [-0.15, -0.1) is 0 Å². The summed E-state index contributed by atoms with van der Waals surface area (Å²) in [4.78, 5) is 20.1. The van der Waals surface area contributed by atoms with Crippen LogP contribution in [0.2, 0.25) is 0 Å². The van der Waals surface area contributed by atoms with Gasteiger partial charge >= 0.3 is 22.2 Å². The van der Waals surface area contributed by atoms with E-state index in [1.165, 1.54) is 0 Å². The van der Waals surface area contributed by atoms with Crippen molar-refractivity contribution < 1.29 is 43.6 Å². The summed E-state index contributed by atoms with van der Waals surface area (Å²) in [5.41, 5.74) is -1.61. The molecule has 0 atom stereocenters. The van der Waals surface area contributed by atoms with E-state index in [1.54, 1.807) is 20.8 Å². The summed E-state index contributed by atoms with van der Waals surface area (Å²) >= 11 is 0. The number of benzene rings is 1. The highest BCUT2D eigenvalue weighted by Gasteiger charge is 2.65. The summed E-state index contributed by atoms with van der Waals surface area (Å²) in [6.45, 7) is 4.89. The van der Waals surface area contributed by atoms with Crippen molar-refractivity contribution in [3.05, 3.63) is 23.8 Å². The van der Waals surface area contributed by atoms with Crippen LogP contribution in [-0.4, -0.2) is 29.3 Å². The molecule has 156 valence electrons. The van der Waals surface area contributed by atoms with E-state index in [-0.39, 0.29) is 31.6 Å². The normalized spacial score (nSPS) is 14.8. The number of rotatable bonds is 8. The summed E-state index contributed by atoms with van der Waals surface area (Å²) in [5.74, 6) is -2.90. The molecule has 0 saturated carbocycles. The van der Waals surface area contributed by atoms with Gasteiger partial charge in [-0.25, -0.2) is 4.79 Å². The number of hydrogen-bond acceptors (Lipinski definition) is 4. The van der Waals surface area contributed by atoms with Gasteiger partial charge in [-0.3, -0.25) is 4.79 Å². The lowest BCUT2D eigenvalue weighted by Crippen LogP contribution is -2.23. The molecule has 0 saturated heterocycles. The van der Waals surface area contributed by atoms with Crippen LogP contribution in [0.1, 0.15) is 50.4 Å². The molecule has 0 aliphatic carbocycles. The maximum atomic E-state index is 12.9. The number of esters is 1. The number of aromatic carboxylic acids is 1. The highest BCUT2D eigenvalue weighted by Crippen LogP contribution is 3.02. The van der Waals surface area contributed by atoms with E-state index in [0.717, 1.165) is 6.07 Å². The van der Waals surface area contributed by atoms with E-state index in [1.807, 2.05) is 0 Å². The van der Waals surface area contributed by atoms with Crippen LogP contribution in [0, 0.1) is 0 Å². The molecule has 5 nitrogen and oxygen atoms in total. The van der Waals surface area contributed by atoms with E-state index in [4.69, 9.17) is 14.6 Å². The Hall–Kier alpha value is -2.04. The molecule has 0 heterocycles. The fraction of sp³-hybridized carbons (Fsp3) is 0.500. The smallest absolute Gasteiger partial charge is 0.335 e. The van der Waals surface area contributed by atoms with Gasteiger partial charge in [-0.2, -0.15) is 0 Å². The largest absolute Gasteiger partial charge is 0.494 e. The molecule has 1 rings (SSSR count). The van der Waals surface area contributed by atoms with Gasteiger partial charge in [-0.1, -0.05) is 19.4 Å². The van der Waals surface area contributed by atoms with Crippen LogP contribution in [0.5, 0.6) is 5.75 Å². The van der Waals surface area contributed by atoms with Gasteiger partial charge in [0.1, 0.15) is 16.2 Å². The molecule has 1 aromatic carbocycles. The van der Waals surface area contributed by atoms with E-state index < -0.39 is 44.0 Å². The van der Waals surface area contributed by atoms with Gasteiger partial charge in [0.05, 0.1) is 12.2 Å². The van der Waals surface area contributed by atoms with Gasteiger partial charge in [0.2, 0.25) is 0 Å². The summed E-state index contributed by atoms with van der Waals surface area (Å²) in [6.07, 6.45) is 0.566. The van der Waals surface area contributed by atoms with E-state index in [9.17, 15) is 29.0 Å². The maximum absolute atomic E-state index is 12.9. The fourth-order valence-electron chi connectivity index (χ4n) is 1.96. The van der Waals surface area contributed by atoms with Crippen molar-refractivity contribution in [3.8, 4) is 5.75 Å². The van der Waals surface area contributed by atoms with Crippen LogP contribution >= 0.6 is 10.2 Å². The minimum absolute atomic E-state index is 0.0481. The average molecular weight is 420 g/mol. The number of carboxylic acid groups (broad SMARTS) is 1. The molecule has 0 radical (unpaired) electrons. The lowest BCUT2D eigenvalue weighted by atomic mass is 10.2. The quantitative estimate of drug-likeness (QED) is 0.320. The summed E-state index contributed by atoms with van der Waals surface area (Å²) in [5, 5.41) is 8.82. The molecule has 0 bridgehead atoms. The van der Waals surface area contributed by atoms with Gasteiger partial charge < -0.3 is 14.6 Å². The number of carboxylic acids is 1. The Balaban J connectivity index is 2.75. The first-order chi connectivity index (χ1) is 11.9. The number of unbranched alkanes of at least 4 members (excludes halogenated alkanes) is 1. The van der Waals surface area contributed by atoms with Gasteiger partial charge in [0, 0.05) is 12.5 Å². The summed E-state index contributed by atoms with van der Waals surface area (Å²) in [7, 11) is -10.1. The zero-order chi connectivity index (χ0) is 21.2. The molecule has 0 unspecified atom stereocenters.